The molecule has 6 nitrogen and oxygen atoms in total. The lowest BCUT2D eigenvalue weighted by Crippen LogP contribution is -2.14. The van der Waals surface area contributed by atoms with E-state index in [1.165, 1.54) is 6.33 Å². The normalized spacial score (nSPS) is 10.3. The monoisotopic (exact) mass is 352 g/mol. The third-order valence-corrected chi connectivity index (χ3v) is 3.89. The lowest BCUT2D eigenvalue weighted by Gasteiger charge is -2.20. The van der Waals surface area contributed by atoms with E-state index in [1.807, 2.05) is 37.3 Å². The van der Waals surface area contributed by atoms with Gasteiger partial charge >= 0.3 is 0 Å². The SMILES string of the molecule is C=NN(c1ccc(Cl)cc1)c1ncnc(NCc2ccccn2)c1C. The number of nitrogens with zero attached hydrogens (tertiary/aromatic N) is 5. The molecule has 2 heterocycles. The van der Waals surface area contributed by atoms with Crippen molar-refractivity contribution in [2.24, 2.45) is 5.10 Å². The number of hydrogen-bond acceptors (Lipinski definition) is 6. The standard InChI is InChI=1S/C18H17ClN6/c1-13-17(22-11-15-5-3-4-10-21-15)23-12-24-18(13)25(20-2)16-8-6-14(19)7-9-16/h3-10,12H,2,11H2,1H3,(H,22,23,24). The molecule has 1 N–H and O–H groups in total. The number of nitrogens with one attached hydrogen (secondary N) is 1. The molecular weight excluding hydrogens is 336 g/mol. The Bertz CT molecular complexity index is 851. The zero-order valence-electron chi connectivity index (χ0n) is 13.7. The first-order valence-corrected chi connectivity index (χ1v) is 8.04. The molecule has 25 heavy (non-hydrogen) atoms. The van der Waals surface area contributed by atoms with Crippen LogP contribution in [0.3, 0.4) is 0 Å². The van der Waals surface area contributed by atoms with Gasteiger partial charge in [-0.15, -0.1) is 0 Å². The van der Waals surface area contributed by atoms with E-state index in [0.29, 0.717) is 17.4 Å². The molecule has 126 valence electrons. The fourth-order valence-corrected chi connectivity index (χ4v) is 2.49. The number of halogens is 1. The summed E-state index contributed by atoms with van der Waals surface area (Å²) in [5.41, 5.74) is 2.61. The fraction of sp³-hybridized carbons (Fsp3) is 0.111. The summed E-state index contributed by atoms with van der Waals surface area (Å²) in [4.78, 5) is 13.0. The van der Waals surface area contributed by atoms with E-state index >= 15 is 0 Å². The number of hydrogen-bond donors (Lipinski definition) is 1. The molecule has 7 heteroatoms. The molecule has 0 aliphatic heterocycles. The maximum absolute atomic E-state index is 5.96. The van der Waals surface area contributed by atoms with E-state index in [9.17, 15) is 0 Å². The third-order valence-electron chi connectivity index (χ3n) is 3.63. The molecule has 3 aromatic rings. The van der Waals surface area contributed by atoms with Crippen LogP contribution in [0.2, 0.25) is 5.02 Å². The van der Waals surface area contributed by atoms with Crippen LogP contribution in [0.4, 0.5) is 17.3 Å². The van der Waals surface area contributed by atoms with Gasteiger partial charge in [0.1, 0.15) is 12.1 Å². The van der Waals surface area contributed by atoms with Crippen molar-refractivity contribution in [3.8, 4) is 0 Å². The topological polar surface area (TPSA) is 66.3 Å². The number of benzene rings is 1. The zero-order chi connectivity index (χ0) is 17.6. The Hall–Kier alpha value is -2.99. The molecule has 3 rings (SSSR count). The average molecular weight is 353 g/mol. The average Bonchev–Trinajstić information content (AvgIpc) is 2.65. The van der Waals surface area contributed by atoms with Crippen molar-refractivity contribution in [3.05, 3.63) is 71.3 Å². The number of hydrazone groups is 1. The molecular formula is C18H17ClN6. The van der Waals surface area contributed by atoms with Crippen LogP contribution in [-0.4, -0.2) is 21.7 Å². The Morgan fingerprint density at radius 2 is 1.92 bits per heavy atom. The van der Waals surface area contributed by atoms with Crippen LogP contribution in [-0.2, 0) is 6.54 Å². The molecule has 0 unspecified atom stereocenters. The predicted molar refractivity (Wildman–Crippen MR) is 101 cm³/mol. The summed E-state index contributed by atoms with van der Waals surface area (Å²) in [6.45, 7) is 6.16. The molecule has 0 saturated carbocycles. The minimum atomic E-state index is 0.570. The summed E-state index contributed by atoms with van der Waals surface area (Å²) in [5, 5.41) is 9.68. The first-order valence-electron chi connectivity index (χ1n) is 7.66. The maximum Gasteiger partial charge on any atom is 0.162 e. The highest BCUT2D eigenvalue weighted by molar-refractivity contribution is 6.30. The second-order valence-corrected chi connectivity index (χ2v) is 5.71. The van der Waals surface area contributed by atoms with Crippen molar-refractivity contribution in [1.82, 2.24) is 15.0 Å². The van der Waals surface area contributed by atoms with E-state index in [0.717, 1.165) is 22.8 Å². The molecule has 0 atom stereocenters. The van der Waals surface area contributed by atoms with E-state index in [2.05, 4.69) is 32.1 Å². The lowest BCUT2D eigenvalue weighted by atomic mass is 10.2. The fourth-order valence-electron chi connectivity index (χ4n) is 2.36. The van der Waals surface area contributed by atoms with Gasteiger partial charge in [0.15, 0.2) is 5.82 Å². The Labute approximate surface area is 151 Å². The van der Waals surface area contributed by atoms with Crippen molar-refractivity contribution in [1.29, 1.82) is 0 Å². The smallest absolute Gasteiger partial charge is 0.162 e. The van der Waals surface area contributed by atoms with E-state index in [-0.39, 0.29) is 0 Å². The molecule has 1 aromatic carbocycles. The van der Waals surface area contributed by atoms with E-state index < -0.39 is 0 Å². The molecule has 0 bridgehead atoms. The van der Waals surface area contributed by atoms with Crippen molar-refractivity contribution >= 4 is 35.6 Å². The molecule has 0 fully saturated rings. The summed E-state index contributed by atoms with van der Waals surface area (Å²) in [6, 6.07) is 13.1. The van der Waals surface area contributed by atoms with Crippen molar-refractivity contribution in [2.75, 3.05) is 10.3 Å². The summed E-state index contributed by atoms with van der Waals surface area (Å²) >= 11 is 5.96. The lowest BCUT2D eigenvalue weighted by molar-refractivity contribution is 0.977. The molecule has 0 radical (unpaired) electrons. The van der Waals surface area contributed by atoms with Crippen molar-refractivity contribution < 1.29 is 0 Å². The number of aromatic nitrogens is 3. The van der Waals surface area contributed by atoms with Gasteiger partial charge in [-0.2, -0.15) is 5.10 Å². The largest absolute Gasteiger partial charge is 0.364 e. The summed E-state index contributed by atoms with van der Waals surface area (Å²) < 4.78 is 0. The zero-order valence-corrected chi connectivity index (χ0v) is 14.5. The highest BCUT2D eigenvalue weighted by atomic mass is 35.5. The highest BCUT2D eigenvalue weighted by Crippen LogP contribution is 2.30. The van der Waals surface area contributed by atoms with Gasteiger partial charge in [0.25, 0.3) is 0 Å². The summed E-state index contributed by atoms with van der Waals surface area (Å²) in [5.74, 6) is 1.37. The van der Waals surface area contributed by atoms with Gasteiger partial charge in [0, 0.05) is 23.5 Å². The quantitative estimate of drug-likeness (QED) is 0.532. The Morgan fingerprint density at radius 1 is 1.12 bits per heavy atom. The van der Waals surface area contributed by atoms with Crippen LogP contribution < -0.4 is 10.3 Å². The molecule has 0 amide bonds. The highest BCUT2D eigenvalue weighted by Gasteiger charge is 2.15. The second-order valence-electron chi connectivity index (χ2n) is 5.28. The van der Waals surface area contributed by atoms with Crippen LogP contribution in [0.15, 0.2) is 60.1 Å². The van der Waals surface area contributed by atoms with Gasteiger partial charge in [0.05, 0.1) is 17.9 Å². The Morgan fingerprint density at radius 3 is 2.60 bits per heavy atom. The molecule has 0 aliphatic rings. The maximum atomic E-state index is 5.96. The van der Waals surface area contributed by atoms with Crippen molar-refractivity contribution in [2.45, 2.75) is 13.5 Å². The van der Waals surface area contributed by atoms with Crippen LogP contribution in [0.5, 0.6) is 0 Å². The second kappa shape index (κ2) is 7.72. The molecule has 0 aliphatic carbocycles. The van der Waals surface area contributed by atoms with Gasteiger partial charge in [-0.05, 0) is 43.3 Å². The minimum absolute atomic E-state index is 0.570. The number of rotatable bonds is 6. The van der Waals surface area contributed by atoms with Gasteiger partial charge in [-0.25, -0.2) is 15.0 Å². The molecule has 0 saturated heterocycles. The molecule has 0 spiro atoms. The van der Waals surface area contributed by atoms with Crippen LogP contribution in [0.1, 0.15) is 11.3 Å². The third kappa shape index (κ3) is 3.92. The van der Waals surface area contributed by atoms with Crippen LogP contribution in [0.25, 0.3) is 0 Å². The Balaban J connectivity index is 1.86. The summed E-state index contributed by atoms with van der Waals surface area (Å²) in [6.07, 6.45) is 3.26. The van der Waals surface area contributed by atoms with Gasteiger partial charge in [-0.1, -0.05) is 17.7 Å². The first kappa shape index (κ1) is 16.9. The van der Waals surface area contributed by atoms with Gasteiger partial charge in [-0.3, -0.25) is 4.98 Å². The summed E-state index contributed by atoms with van der Waals surface area (Å²) in [7, 11) is 0. The van der Waals surface area contributed by atoms with Gasteiger partial charge < -0.3 is 5.32 Å². The van der Waals surface area contributed by atoms with E-state index in [1.54, 1.807) is 23.3 Å². The predicted octanol–water partition coefficient (Wildman–Crippen LogP) is 4.20. The number of pyridine rings is 1. The first-order chi connectivity index (χ1) is 12.2. The van der Waals surface area contributed by atoms with Gasteiger partial charge in [0.2, 0.25) is 0 Å². The Kier molecular flexibility index (Phi) is 5.20. The number of anilines is 3. The minimum Gasteiger partial charge on any atom is -0.364 e. The van der Waals surface area contributed by atoms with E-state index in [4.69, 9.17) is 11.6 Å². The van der Waals surface area contributed by atoms with Crippen LogP contribution in [0, 0.1) is 6.92 Å². The van der Waals surface area contributed by atoms with Crippen molar-refractivity contribution in [3.63, 3.8) is 0 Å². The molecule has 2 aromatic heterocycles. The van der Waals surface area contributed by atoms with Crippen LogP contribution >= 0.6 is 11.6 Å².